The van der Waals surface area contributed by atoms with E-state index in [-0.39, 0.29) is 22.3 Å². The van der Waals surface area contributed by atoms with Gasteiger partial charge in [-0.2, -0.15) is 10.5 Å². The first-order valence-electron chi connectivity index (χ1n) is 9.97. The molecule has 0 N–H and O–H groups in total. The fourth-order valence-corrected chi connectivity index (χ4v) is 5.21. The van der Waals surface area contributed by atoms with Crippen molar-refractivity contribution in [3.05, 3.63) is 0 Å². The third-order valence-corrected chi connectivity index (χ3v) is 6.73. The number of alkyl halides is 2. The Morgan fingerprint density at radius 2 is 1.74 bits per heavy atom. The van der Waals surface area contributed by atoms with Crippen molar-refractivity contribution in [2.75, 3.05) is 64.9 Å². The molecule has 3 rings (SSSR count). The molecule has 3 heterocycles. The van der Waals surface area contributed by atoms with Crippen LogP contribution in [0.1, 0.15) is 20.3 Å². The van der Waals surface area contributed by atoms with Gasteiger partial charge in [0.25, 0.3) is 5.92 Å². The van der Waals surface area contributed by atoms with Crippen LogP contribution in [0.3, 0.4) is 0 Å². The smallest absolute Gasteiger partial charge is 0.280 e. The number of amides is 1. The van der Waals surface area contributed by atoms with Crippen LogP contribution in [0.2, 0.25) is 0 Å². The Hall–Kier alpha value is -0.570. The molecule has 156 valence electrons. The molecule has 0 saturated carbocycles. The van der Waals surface area contributed by atoms with Gasteiger partial charge in [-0.05, 0) is 32.8 Å². The van der Waals surface area contributed by atoms with Gasteiger partial charge in [-0.3, -0.25) is 19.5 Å². The van der Waals surface area contributed by atoms with E-state index < -0.39 is 18.5 Å². The van der Waals surface area contributed by atoms with Crippen LogP contribution >= 0.6 is 10.5 Å². The van der Waals surface area contributed by atoms with Crippen molar-refractivity contribution in [2.45, 2.75) is 38.3 Å². The van der Waals surface area contributed by atoms with Gasteiger partial charge >= 0.3 is 0 Å². The van der Waals surface area contributed by atoms with Gasteiger partial charge in [-0.15, -0.1) is 0 Å². The normalized spacial score (nSPS) is 28.6. The van der Waals surface area contributed by atoms with Crippen LogP contribution in [0.4, 0.5) is 8.78 Å². The fourth-order valence-electron chi connectivity index (χ4n) is 4.44. The highest BCUT2D eigenvalue weighted by atomic mass is 32.2. The van der Waals surface area contributed by atoms with Crippen LogP contribution in [-0.4, -0.2) is 114 Å². The highest BCUT2D eigenvalue weighted by Crippen LogP contribution is 2.33. The van der Waals surface area contributed by atoms with Crippen LogP contribution < -0.4 is 0 Å². The minimum absolute atomic E-state index is 0.0884. The van der Waals surface area contributed by atoms with Crippen molar-refractivity contribution in [1.29, 1.82) is 0 Å². The predicted molar refractivity (Wildman–Crippen MR) is 109 cm³/mol. The summed E-state index contributed by atoms with van der Waals surface area (Å²) in [4.78, 5) is 20.5. The van der Waals surface area contributed by atoms with E-state index in [2.05, 4.69) is 41.7 Å². The van der Waals surface area contributed by atoms with E-state index in [0.717, 1.165) is 13.1 Å². The number of carbonyl (C=O) groups is 1. The molecule has 1 atom stereocenters. The lowest BCUT2D eigenvalue weighted by atomic mass is 9.94. The molecule has 3 aliphatic heterocycles. The minimum Gasteiger partial charge on any atom is -0.336 e. The SMILES string of the molecule is CC(C)N1CCN([C@@H]2CCN(C(=O)C3CN(C=S(C)C)C3)CC2(F)F)CC1. The monoisotopic (exact) mass is 404 g/mol. The Morgan fingerprint density at radius 3 is 2.26 bits per heavy atom. The predicted octanol–water partition coefficient (Wildman–Crippen LogP) is 1.47. The second-order valence-corrected chi connectivity index (χ2v) is 10.6. The molecule has 8 heteroatoms. The van der Waals surface area contributed by atoms with Crippen molar-refractivity contribution in [2.24, 2.45) is 5.92 Å². The van der Waals surface area contributed by atoms with E-state index in [1.807, 2.05) is 4.90 Å². The third kappa shape index (κ3) is 4.89. The van der Waals surface area contributed by atoms with Crippen molar-refractivity contribution in [1.82, 2.24) is 19.6 Å². The second kappa shape index (κ2) is 8.43. The van der Waals surface area contributed by atoms with Gasteiger partial charge in [0.2, 0.25) is 5.91 Å². The number of halogens is 2. The summed E-state index contributed by atoms with van der Waals surface area (Å²) in [6, 6.07) is -0.271. The zero-order valence-electron chi connectivity index (χ0n) is 17.0. The Kier molecular flexibility index (Phi) is 6.60. The van der Waals surface area contributed by atoms with Crippen molar-refractivity contribution in [3.8, 4) is 0 Å². The molecule has 0 spiro atoms. The average molecular weight is 405 g/mol. The number of carbonyl (C=O) groups excluding carboxylic acids is 1. The van der Waals surface area contributed by atoms with Gasteiger partial charge in [0.1, 0.15) is 0 Å². The summed E-state index contributed by atoms with van der Waals surface area (Å²) in [6.45, 7) is 8.74. The van der Waals surface area contributed by atoms with Crippen molar-refractivity contribution in [3.63, 3.8) is 0 Å². The maximum Gasteiger partial charge on any atom is 0.280 e. The maximum atomic E-state index is 14.9. The number of hydrogen-bond acceptors (Lipinski definition) is 3. The standard InChI is InChI=1S/C19H34F2N4OS/c1-15(2)23-7-9-24(10-8-23)17-5-6-25(13-19(17,20)21)18(26)16-11-22(12-16)14-27(3)4/h14-17H,5-13H2,1-4H3/t17-/m1/s1. The molecule has 3 saturated heterocycles. The lowest BCUT2D eigenvalue weighted by Gasteiger charge is -2.48. The first-order valence-corrected chi connectivity index (χ1v) is 12.1. The number of likely N-dealkylation sites (tertiary alicyclic amines) is 2. The summed E-state index contributed by atoms with van der Waals surface area (Å²) in [7, 11) is 0.194. The molecule has 0 aromatic carbocycles. The van der Waals surface area contributed by atoms with E-state index in [4.69, 9.17) is 0 Å². The largest absolute Gasteiger partial charge is 0.336 e. The quantitative estimate of drug-likeness (QED) is 0.664. The molecule has 0 unspecified atom stereocenters. The average Bonchev–Trinajstić information content (AvgIpc) is 2.56. The van der Waals surface area contributed by atoms with Crippen LogP contribution in [0.5, 0.6) is 0 Å². The van der Waals surface area contributed by atoms with Gasteiger partial charge in [-0.25, -0.2) is 8.78 Å². The molecule has 1 amide bonds. The number of rotatable bonds is 4. The van der Waals surface area contributed by atoms with Crippen LogP contribution in [0.15, 0.2) is 0 Å². The van der Waals surface area contributed by atoms with Crippen LogP contribution in [0.25, 0.3) is 0 Å². The van der Waals surface area contributed by atoms with E-state index >= 15 is 0 Å². The highest BCUT2D eigenvalue weighted by Gasteiger charge is 2.50. The molecule has 0 bridgehead atoms. The fraction of sp³-hybridized carbons (Fsp3) is 0.895. The molecule has 0 aliphatic carbocycles. The van der Waals surface area contributed by atoms with Crippen molar-refractivity contribution >= 4 is 21.9 Å². The molecular weight excluding hydrogens is 370 g/mol. The number of hydrogen-bond donors (Lipinski definition) is 0. The van der Waals surface area contributed by atoms with Gasteiger partial charge in [0, 0.05) is 57.3 Å². The minimum atomic E-state index is -2.83. The summed E-state index contributed by atoms with van der Waals surface area (Å²) in [5, 5.41) is 0. The Labute approximate surface area is 164 Å². The van der Waals surface area contributed by atoms with E-state index in [1.54, 1.807) is 0 Å². The van der Waals surface area contributed by atoms with Gasteiger partial charge in [0.15, 0.2) is 0 Å². The second-order valence-electron chi connectivity index (χ2n) is 8.63. The third-order valence-electron chi connectivity index (χ3n) is 6.01. The number of piperazine rings is 1. The molecule has 0 aromatic rings. The Balaban J connectivity index is 1.52. The first kappa shape index (κ1) is 21.1. The Bertz CT molecular complexity index is 568. The highest BCUT2D eigenvalue weighted by molar-refractivity contribution is 8.13. The van der Waals surface area contributed by atoms with Gasteiger partial charge in [-0.1, -0.05) is 0 Å². The molecule has 5 nitrogen and oxygen atoms in total. The molecule has 0 radical (unpaired) electrons. The lowest BCUT2D eigenvalue weighted by Crippen LogP contribution is -2.64. The number of nitrogens with zero attached hydrogens (tertiary/aromatic N) is 4. The van der Waals surface area contributed by atoms with Crippen LogP contribution in [-0.2, 0) is 4.79 Å². The lowest BCUT2D eigenvalue weighted by molar-refractivity contribution is -0.163. The summed E-state index contributed by atoms with van der Waals surface area (Å²) in [5.74, 6) is -3.04. The summed E-state index contributed by atoms with van der Waals surface area (Å²) >= 11 is 0. The molecular formula is C19H34F2N4OS. The molecule has 27 heavy (non-hydrogen) atoms. The van der Waals surface area contributed by atoms with E-state index in [0.29, 0.717) is 45.2 Å². The maximum absolute atomic E-state index is 14.9. The summed E-state index contributed by atoms with van der Waals surface area (Å²) in [6.07, 6.45) is 4.62. The van der Waals surface area contributed by atoms with Gasteiger partial charge < -0.3 is 4.90 Å². The zero-order chi connectivity index (χ0) is 19.8. The summed E-state index contributed by atoms with van der Waals surface area (Å²) in [5.41, 5.74) is 2.14. The van der Waals surface area contributed by atoms with E-state index in [9.17, 15) is 13.6 Å². The van der Waals surface area contributed by atoms with Crippen molar-refractivity contribution < 1.29 is 13.6 Å². The number of piperidine rings is 1. The van der Waals surface area contributed by atoms with E-state index in [1.165, 1.54) is 4.90 Å². The zero-order valence-corrected chi connectivity index (χ0v) is 17.9. The molecule has 0 aromatic heterocycles. The van der Waals surface area contributed by atoms with Gasteiger partial charge in [0.05, 0.1) is 18.5 Å². The molecule has 3 aliphatic rings. The Morgan fingerprint density at radius 1 is 1.11 bits per heavy atom. The summed E-state index contributed by atoms with van der Waals surface area (Å²) < 4.78 is 29.8. The first-order chi connectivity index (χ1) is 12.7. The molecule has 3 fully saturated rings. The topological polar surface area (TPSA) is 30.0 Å². The van der Waals surface area contributed by atoms with Crippen LogP contribution in [0, 0.1) is 5.92 Å².